The van der Waals surface area contributed by atoms with E-state index in [2.05, 4.69) is 10.6 Å². The molecule has 3 amide bonds. The first-order chi connectivity index (χ1) is 12.8. The van der Waals surface area contributed by atoms with Crippen LogP contribution in [0, 0.1) is 5.92 Å². The summed E-state index contributed by atoms with van der Waals surface area (Å²) in [4.78, 5) is 37.9. The Balaban J connectivity index is 2.04. The van der Waals surface area contributed by atoms with E-state index in [1.807, 2.05) is 13.8 Å². The highest BCUT2D eigenvalue weighted by molar-refractivity contribution is 5.98. The summed E-state index contributed by atoms with van der Waals surface area (Å²) in [6.07, 6.45) is 2.31. The Morgan fingerprint density at radius 1 is 1.30 bits per heavy atom. The summed E-state index contributed by atoms with van der Waals surface area (Å²) < 4.78 is 5.36. The van der Waals surface area contributed by atoms with Crippen LogP contribution in [-0.4, -0.2) is 44.0 Å². The number of carbonyl (C=O) groups excluding carboxylic acids is 3. The van der Waals surface area contributed by atoms with Crippen LogP contribution in [0.2, 0.25) is 0 Å². The van der Waals surface area contributed by atoms with Crippen LogP contribution in [0.15, 0.2) is 18.2 Å². The maximum absolute atomic E-state index is 12.2. The minimum Gasteiger partial charge on any atom is -0.495 e. The van der Waals surface area contributed by atoms with Crippen molar-refractivity contribution in [1.82, 2.24) is 5.32 Å². The third kappa shape index (κ3) is 5.43. The lowest BCUT2D eigenvalue weighted by molar-refractivity contribution is -0.125. The molecule has 1 fully saturated rings. The Morgan fingerprint density at radius 3 is 2.67 bits per heavy atom. The van der Waals surface area contributed by atoms with Gasteiger partial charge in [0, 0.05) is 18.7 Å². The van der Waals surface area contributed by atoms with Gasteiger partial charge in [-0.15, -0.1) is 0 Å². The van der Waals surface area contributed by atoms with E-state index in [-0.39, 0.29) is 30.2 Å². The van der Waals surface area contributed by atoms with E-state index in [0.29, 0.717) is 30.1 Å². The van der Waals surface area contributed by atoms with Gasteiger partial charge in [-0.3, -0.25) is 14.4 Å². The minimum absolute atomic E-state index is 0.0145. The van der Waals surface area contributed by atoms with Crippen molar-refractivity contribution in [3.05, 3.63) is 18.2 Å². The van der Waals surface area contributed by atoms with Crippen LogP contribution in [0.1, 0.15) is 33.1 Å². The topological polar surface area (TPSA) is 114 Å². The summed E-state index contributed by atoms with van der Waals surface area (Å²) >= 11 is 0. The second-order valence-corrected chi connectivity index (χ2v) is 6.92. The Morgan fingerprint density at radius 2 is 2.04 bits per heavy atom. The summed E-state index contributed by atoms with van der Waals surface area (Å²) in [5, 5.41) is 5.25. The van der Waals surface area contributed by atoms with E-state index in [1.54, 1.807) is 30.2 Å². The molecule has 0 aliphatic carbocycles. The normalized spacial score (nSPS) is 15.4. The van der Waals surface area contributed by atoms with Crippen molar-refractivity contribution in [2.45, 2.75) is 39.2 Å². The molecule has 8 nitrogen and oxygen atoms in total. The van der Waals surface area contributed by atoms with Crippen molar-refractivity contribution in [2.75, 3.05) is 30.4 Å². The highest BCUT2D eigenvalue weighted by Gasteiger charge is 2.23. The van der Waals surface area contributed by atoms with Crippen LogP contribution >= 0.6 is 0 Å². The van der Waals surface area contributed by atoms with Crippen LogP contribution in [0.3, 0.4) is 0 Å². The summed E-state index contributed by atoms with van der Waals surface area (Å²) in [7, 11) is 1.54. The van der Waals surface area contributed by atoms with Crippen molar-refractivity contribution in [3.8, 4) is 5.75 Å². The fourth-order valence-electron chi connectivity index (χ4n) is 2.83. The smallest absolute Gasteiger partial charge is 0.243 e. The third-order valence-corrected chi connectivity index (χ3v) is 4.52. The molecule has 8 heteroatoms. The molecular formula is C19H28N4O4. The average Bonchev–Trinajstić information content (AvgIpc) is 2.65. The van der Waals surface area contributed by atoms with Crippen molar-refractivity contribution in [1.29, 1.82) is 0 Å². The number of nitrogens with zero attached hydrogens (tertiary/aromatic N) is 1. The zero-order chi connectivity index (χ0) is 20.0. The lowest BCUT2D eigenvalue weighted by Gasteiger charge is -2.28. The first kappa shape index (κ1) is 20.7. The number of rotatable bonds is 7. The lowest BCUT2D eigenvalue weighted by atomic mass is 10.1. The van der Waals surface area contributed by atoms with Gasteiger partial charge in [-0.2, -0.15) is 0 Å². The summed E-state index contributed by atoms with van der Waals surface area (Å²) in [5.74, 6) is -0.147. The van der Waals surface area contributed by atoms with E-state index in [0.717, 1.165) is 12.8 Å². The van der Waals surface area contributed by atoms with Crippen molar-refractivity contribution < 1.29 is 19.1 Å². The predicted molar refractivity (Wildman–Crippen MR) is 104 cm³/mol. The quantitative estimate of drug-likeness (QED) is 0.663. The number of piperidine rings is 1. The Labute approximate surface area is 159 Å². The minimum atomic E-state index is -0.657. The van der Waals surface area contributed by atoms with Gasteiger partial charge in [0.2, 0.25) is 17.7 Å². The third-order valence-electron chi connectivity index (χ3n) is 4.52. The largest absolute Gasteiger partial charge is 0.495 e. The number of nitrogens with one attached hydrogen (secondary N) is 2. The van der Waals surface area contributed by atoms with Gasteiger partial charge < -0.3 is 26.0 Å². The highest BCUT2D eigenvalue weighted by atomic mass is 16.5. The van der Waals surface area contributed by atoms with Crippen LogP contribution < -0.4 is 26.0 Å². The molecule has 1 aliphatic rings. The second-order valence-electron chi connectivity index (χ2n) is 6.92. The molecule has 0 spiro atoms. The molecule has 0 radical (unpaired) electrons. The molecule has 1 heterocycles. The second kappa shape index (κ2) is 9.36. The number of hydrogen-bond donors (Lipinski definition) is 3. The first-order valence-corrected chi connectivity index (χ1v) is 9.15. The van der Waals surface area contributed by atoms with Crippen molar-refractivity contribution in [2.24, 2.45) is 11.7 Å². The molecule has 0 saturated carbocycles. The van der Waals surface area contributed by atoms with E-state index < -0.39 is 6.04 Å². The molecule has 1 saturated heterocycles. The van der Waals surface area contributed by atoms with E-state index in [9.17, 15) is 14.4 Å². The number of carbonyl (C=O) groups is 3. The van der Waals surface area contributed by atoms with E-state index in [4.69, 9.17) is 10.5 Å². The zero-order valence-corrected chi connectivity index (χ0v) is 16.1. The van der Waals surface area contributed by atoms with Gasteiger partial charge in [0.25, 0.3) is 0 Å². The first-order valence-electron chi connectivity index (χ1n) is 9.15. The summed E-state index contributed by atoms with van der Waals surface area (Å²) in [6, 6.07) is 4.45. The number of methoxy groups -OCH3 is 1. The Bertz CT molecular complexity index is 705. The monoisotopic (exact) mass is 376 g/mol. The van der Waals surface area contributed by atoms with Gasteiger partial charge in [0.15, 0.2) is 0 Å². The molecular weight excluding hydrogens is 348 g/mol. The lowest BCUT2D eigenvalue weighted by Crippen LogP contribution is -2.46. The number of nitrogens with two attached hydrogens (primary N) is 1. The zero-order valence-electron chi connectivity index (χ0n) is 16.1. The number of amides is 3. The van der Waals surface area contributed by atoms with E-state index >= 15 is 0 Å². The standard InChI is InChI=1S/C19H28N4O4/c1-12(2)18(20)19(26)21-11-16(24)22-13-7-8-15(27-3)14(10-13)23-9-5-4-6-17(23)25/h7-8,10,12,18H,4-6,9,11,20H2,1-3H3,(H,21,26)(H,22,24)/t18-/m0/s1. The van der Waals surface area contributed by atoms with Crippen LogP contribution in [0.4, 0.5) is 11.4 Å². The highest BCUT2D eigenvalue weighted by Crippen LogP contribution is 2.33. The summed E-state index contributed by atoms with van der Waals surface area (Å²) in [5.41, 5.74) is 6.91. The Kier molecular flexibility index (Phi) is 7.18. The summed E-state index contributed by atoms with van der Waals surface area (Å²) in [6.45, 7) is 4.12. The maximum atomic E-state index is 12.2. The predicted octanol–water partition coefficient (Wildman–Crippen LogP) is 1.25. The molecule has 0 bridgehead atoms. The molecule has 27 heavy (non-hydrogen) atoms. The van der Waals surface area contributed by atoms with Gasteiger partial charge in [-0.25, -0.2) is 0 Å². The fraction of sp³-hybridized carbons (Fsp3) is 0.526. The molecule has 1 aliphatic heterocycles. The molecule has 0 aromatic heterocycles. The van der Waals surface area contributed by atoms with Gasteiger partial charge in [-0.1, -0.05) is 13.8 Å². The number of anilines is 2. The molecule has 148 valence electrons. The van der Waals surface area contributed by atoms with Crippen molar-refractivity contribution >= 4 is 29.1 Å². The molecule has 1 aromatic carbocycles. The molecule has 1 atom stereocenters. The van der Waals surface area contributed by atoms with Crippen LogP contribution in [-0.2, 0) is 14.4 Å². The van der Waals surface area contributed by atoms with Gasteiger partial charge in [0.05, 0.1) is 25.4 Å². The number of hydrogen-bond acceptors (Lipinski definition) is 5. The molecule has 0 unspecified atom stereocenters. The number of ether oxygens (including phenoxy) is 1. The maximum Gasteiger partial charge on any atom is 0.243 e. The van der Waals surface area contributed by atoms with Gasteiger partial charge in [-0.05, 0) is 37.0 Å². The van der Waals surface area contributed by atoms with Crippen LogP contribution in [0.25, 0.3) is 0 Å². The van der Waals surface area contributed by atoms with Gasteiger partial charge in [0.1, 0.15) is 5.75 Å². The fourth-order valence-corrected chi connectivity index (χ4v) is 2.83. The SMILES string of the molecule is COc1ccc(NC(=O)CNC(=O)[C@@H](N)C(C)C)cc1N1CCCCC1=O. The molecule has 2 rings (SSSR count). The van der Waals surface area contributed by atoms with Crippen LogP contribution in [0.5, 0.6) is 5.75 Å². The molecule has 4 N–H and O–H groups in total. The number of benzene rings is 1. The molecule has 1 aromatic rings. The van der Waals surface area contributed by atoms with Crippen molar-refractivity contribution in [3.63, 3.8) is 0 Å². The Hall–Kier alpha value is -2.61. The van der Waals surface area contributed by atoms with Gasteiger partial charge >= 0.3 is 0 Å². The average molecular weight is 376 g/mol. The van der Waals surface area contributed by atoms with E-state index in [1.165, 1.54) is 0 Å².